The van der Waals surface area contributed by atoms with Crippen LogP contribution in [-0.2, 0) is 0 Å². The summed E-state index contributed by atoms with van der Waals surface area (Å²) in [4.78, 5) is 6.55. The fraction of sp³-hybridized carbons (Fsp3) is 0.467. The van der Waals surface area contributed by atoms with Gasteiger partial charge in [-0.15, -0.1) is 0 Å². The highest BCUT2D eigenvalue weighted by molar-refractivity contribution is 5.92. The molecule has 0 aromatic carbocycles. The first-order valence-corrected chi connectivity index (χ1v) is 6.31. The summed E-state index contributed by atoms with van der Waals surface area (Å²) in [6.45, 7) is 14.0. The van der Waals surface area contributed by atoms with Crippen molar-refractivity contribution in [3.05, 3.63) is 35.6 Å². The maximum absolute atomic E-state index is 12.7. The molecular weight excluding hydrogens is 265 g/mol. The molecular formula is C15H21F3N2. The van der Waals surface area contributed by atoms with E-state index < -0.39 is 12.0 Å². The van der Waals surface area contributed by atoms with Crippen molar-refractivity contribution in [2.45, 2.75) is 40.3 Å². The van der Waals surface area contributed by atoms with E-state index in [1.807, 2.05) is 13.8 Å². The molecule has 0 aromatic heterocycles. The van der Waals surface area contributed by atoms with Gasteiger partial charge in [0.15, 0.2) is 0 Å². The van der Waals surface area contributed by atoms with Gasteiger partial charge >= 0.3 is 6.18 Å². The largest absolute Gasteiger partial charge is 0.451 e. The number of aliphatic imine (C=N–C) groups is 2. The molecule has 1 unspecified atom stereocenters. The molecule has 0 radical (unpaired) electrons. The first-order chi connectivity index (χ1) is 9.17. The van der Waals surface area contributed by atoms with Crippen LogP contribution in [0.2, 0.25) is 0 Å². The standard InChI is InChI=1S/C15H21F3N2/c1-7-11(5)12(8-2)9-13(10(3)4)20-14(19-6)15(16,17)18/h8-9,11H,2,6-7H2,1,3-5H3/b12-9+,20-14?. The van der Waals surface area contributed by atoms with Crippen LogP contribution in [0.15, 0.2) is 45.6 Å². The van der Waals surface area contributed by atoms with E-state index in [9.17, 15) is 13.2 Å². The average Bonchev–Trinajstić information content (AvgIpc) is 2.36. The summed E-state index contributed by atoms with van der Waals surface area (Å²) >= 11 is 0. The number of nitrogens with zero attached hydrogens (tertiary/aromatic N) is 2. The van der Waals surface area contributed by atoms with Crippen LogP contribution in [0.25, 0.3) is 0 Å². The lowest BCUT2D eigenvalue weighted by Crippen LogP contribution is -2.20. The third-order valence-electron chi connectivity index (χ3n) is 2.86. The molecule has 1 atom stereocenters. The quantitative estimate of drug-likeness (QED) is 0.381. The van der Waals surface area contributed by atoms with Gasteiger partial charge in [0, 0.05) is 0 Å². The zero-order chi connectivity index (χ0) is 15.9. The van der Waals surface area contributed by atoms with Crippen molar-refractivity contribution < 1.29 is 13.2 Å². The highest BCUT2D eigenvalue weighted by Gasteiger charge is 2.35. The van der Waals surface area contributed by atoms with Gasteiger partial charge in [0.05, 0.1) is 5.70 Å². The highest BCUT2D eigenvalue weighted by atomic mass is 19.4. The SMILES string of the molecule is C=C/C(=C\C(N=C(N=C)C(F)(F)F)=C(C)C)C(C)CC. The topological polar surface area (TPSA) is 24.7 Å². The summed E-state index contributed by atoms with van der Waals surface area (Å²) in [6.07, 6.45) is -0.487. The van der Waals surface area contributed by atoms with Gasteiger partial charge in [0.25, 0.3) is 0 Å². The Hall–Kier alpha value is -1.65. The van der Waals surface area contributed by atoms with Crippen molar-refractivity contribution in [3.63, 3.8) is 0 Å². The maximum atomic E-state index is 12.7. The van der Waals surface area contributed by atoms with E-state index in [0.717, 1.165) is 12.0 Å². The molecule has 0 bridgehead atoms. The van der Waals surface area contributed by atoms with Gasteiger partial charge in [0.2, 0.25) is 5.84 Å². The lowest BCUT2D eigenvalue weighted by Gasteiger charge is -2.12. The van der Waals surface area contributed by atoms with Gasteiger partial charge in [-0.3, -0.25) is 0 Å². The zero-order valence-electron chi connectivity index (χ0n) is 12.4. The van der Waals surface area contributed by atoms with Crippen molar-refractivity contribution in [1.29, 1.82) is 0 Å². The van der Waals surface area contributed by atoms with Crippen molar-refractivity contribution in [1.82, 2.24) is 0 Å². The molecule has 0 N–H and O–H groups in total. The van der Waals surface area contributed by atoms with Crippen LogP contribution in [0.4, 0.5) is 13.2 Å². The Labute approximate surface area is 118 Å². The van der Waals surface area contributed by atoms with Crippen LogP contribution in [0.1, 0.15) is 34.1 Å². The Morgan fingerprint density at radius 1 is 1.30 bits per heavy atom. The molecule has 112 valence electrons. The monoisotopic (exact) mass is 286 g/mol. The van der Waals surface area contributed by atoms with Crippen LogP contribution >= 0.6 is 0 Å². The molecule has 0 saturated carbocycles. The summed E-state index contributed by atoms with van der Waals surface area (Å²) in [7, 11) is 0. The summed E-state index contributed by atoms with van der Waals surface area (Å²) in [6, 6.07) is 0. The predicted molar refractivity (Wildman–Crippen MR) is 79.1 cm³/mol. The fourth-order valence-electron chi connectivity index (χ4n) is 1.39. The Bertz CT molecular complexity index is 450. The highest BCUT2D eigenvalue weighted by Crippen LogP contribution is 2.23. The molecule has 0 aliphatic heterocycles. The van der Waals surface area contributed by atoms with Crippen LogP contribution in [0.3, 0.4) is 0 Å². The van der Waals surface area contributed by atoms with E-state index in [0.29, 0.717) is 5.57 Å². The second kappa shape index (κ2) is 7.82. The van der Waals surface area contributed by atoms with E-state index in [-0.39, 0.29) is 11.6 Å². The summed E-state index contributed by atoms with van der Waals surface area (Å²) < 4.78 is 38.0. The maximum Gasteiger partial charge on any atom is 0.451 e. The molecule has 20 heavy (non-hydrogen) atoms. The molecule has 0 fully saturated rings. The first-order valence-electron chi connectivity index (χ1n) is 6.31. The molecule has 0 rings (SSSR count). The predicted octanol–water partition coefficient (Wildman–Crippen LogP) is 5.10. The minimum atomic E-state index is -4.61. The van der Waals surface area contributed by atoms with Gasteiger partial charge < -0.3 is 0 Å². The third kappa shape index (κ3) is 5.55. The fourth-order valence-corrected chi connectivity index (χ4v) is 1.39. The number of alkyl halides is 3. The van der Waals surface area contributed by atoms with Gasteiger partial charge in [-0.1, -0.05) is 32.1 Å². The van der Waals surface area contributed by atoms with Gasteiger partial charge in [-0.2, -0.15) is 13.2 Å². The van der Waals surface area contributed by atoms with Gasteiger partial charge in [-0.25, -0.2) is 9.98 Å². The molecule has 0 aliphatic rings. The molecule has 5 heteroatoms. The van der Waals surface area contributed by atoms with Crippen molar-refractivity contribution in [2.75, 3.05) is 0 Å². The van der Waals surface area contributed by atoms with Crippen molar-refractivity contribution in [3.8, 4) is 0 Å². The molecule has 0 spiro atoms. The van der Waals surface area contributed by atoms with E-state index in [2.05, 4.69) is 23.3 Å². The Kier molecular flexibility index (Phi) is 7.18. The Morgan fingerprint density at radius 2 is 1.85 bits per heavy atom. The normalized spacial score (nSPS) is 14.8. The summed E-state index contributed by atoms with van der Waals surface area (Å²) in [5.74, 6) is -1.04. The first kappa shape index (κ1) is 18.4. The molecule has 0 aliphatic carbocycles. The summed E-state index contributed by atoms with van der Waals surface area (Å²) in [5.41, 5.74) is 1.75. The van der Waals surface area contributed by atoms with E-state index in [4.69, 9.17) is 0 Å². The molecule has 0 amide bonds. The van der Waals surface area contributed by atoms with E-state index >= 15 is 0 Å². The Balaban J connectivity index is 5.79. The molecule has 0 saturated heterocycles. The second-order valence-electron chi connectivity index (χ2n) is 4.63. The molecule has 0 heterocycles. The number of halogens is 3. The summed E-state index contributed by atoms with van der Waals surface area (Å²) in [5, 5.41) is 0. The number of hydrogen-bond acceptors (Lipinski definition) is 1. The van der Waals surface area contributed by atoms with Crippen LogP contribution in [-0.4, -0.2) is 18.7 Å². The van der Waals surface area contributed by atoms with Crippen LogP contribution in [0, 0.1) is 5.92 Å². The van der Waals surface area contributed by atoms with E-state index in [1.165, 1.54) is 0 Å². The molecule has 2 nitrogen and oxygen atoms in total. The molecule has 0 aromatic rings. The minimum Gasteiger partial charge on any atom is -0.241 e. The van der Waals surface area contributed by atoms with Crippen LogP contribution in [0.5, 0.6) is 0 Å². The van der Waals surface area contributed by atoms with Crippen molar-refractivity contribution >= 4 is 12.6 Å². The third-order valence-corrected chi connectivity index (χ3v) is 2.86. The number of amidine groups is 1. The van der Waals surface area contributed by atoms with Crippen LogP contribution < -0.4 is 0 Å². The number of hydrogen-bond donors (Lipinski definition) is 0. The number of rotatable bonds is 5. The smallest absolute Gasteiger partial charge is 0.241 e. The number of allylic oxidation sites excluding steroid dienone is 4. The zero-order valence-corrected chi connectivity index (χ0v) is 12.4. The lowest BCUT2D eigenvalue weighted by molar-refractivity contribution is -0.0596. The van der Waals surface area contributed by atoms with Gasteiger partial charge in [0.1, 0.15) is 0 Å². The van der Waals surface area contributed by atoms with E-state index in [1.54, 1.807) is 26.0 Å². The lowest BCUT2D eigenvalue weighted by atomic mass is 9.97. The van der Waals surface area contributed by atoms with Gasteiger partial charge in [-0.05, 0) is 44.6 Å². The minimum absolute atomic E-state index is 0.197. The average molecular weight is 286 g/mol. The Morgan fingerprint density at radius 3 is 2.15 bits per heavy atom. The second-order valence-corrected chi connectivity index (χ2v) is 4.63. The van der Waals surface area contributed by atoms with Crippen molar-refractivity contribution in [2.24, 2.45) is 15.9 Å².